The fourth-order valence-electron chi connectivity index (χ4n) is 4.07. The number of aromatic nitrogens is 1. The van der Waals surface area contributed by atoms with Crippen molar-refractivity contribution in [2.45, 2.75) is 20.8 Å². The van der Waals surface area contributed by atoms with E-state index in [0.29, 0.717) is 6.54 Å². The fourth-order valence-corrected chi connectivity index (χ4v) is 4.07. The summed E-state index contributed by atoms with van der Waals surface area (Å²) in [5, 5.41) is 4.21. The number of carbonyl (C=O) groups excluding carboxylic acids is 1. The van der Waals surface area contributed by atoms with Crippen LogP contribution in [0.5, 0.6) is 5.75 Å². The van der Waals surface area contributed by atoms with Crippen molar-refractivity contribution in [1.82, 2.24) is 9.88 Å². The zero-order valence-corrected chi connectivity index (χ0v) is 18.7. The van der Waals surface area contributed by atoms with Crippen molar-refractivity contribution in [3.63, 3.8) is 0 Å². The Morgan fingerprint density at radius 2 is 1.81 bits per heavy atom. The zero-order valence-electron chi connectivity index (χ0n) is 18.7. The summed E-state index contributed by atoms with van der Waals surface area (Å²) in [6.45, 7) is 9.97. The number of benzene rings is 2. The topological polar surface area (TPSA) is 57.7 Å². The van der Waals surface area contributed by atoms with E-state index in [4.69, 9.17) is 9.72 Å². The molecule has 3 aromatic rings. The average molecular weight is 419 g/mol. The average Bonchev–Trinajstić information content (AvgIpc) is 2.77. The maximum absolute atomic E-state index is 12.6. The van der Waals surface area contributed by atoms with Crippen LogP contribution in [0.25, 0.3) is 10.9 Å². The van der Waals surface area contributed by atoms with Crippen molar-refractivity contribution >= 4 is 28.3 Å². The Kier molecular flexibility index (Phi) is 6.09. The van der Waals surface area contributed by atoms with E-state index in [1.807, 2.05) is 31.2 Å². The van der Waals surface area contributed by atoms with E-state index in [1.165, 1.54) is 11.1 Å². The van der Waals surface area contributed by atoms with Crippen LogP contribution in [0.1, 0.15) is 16.7 Å². The molecule has 31 heavy (non-hydrogen) atoms. The molecule has 1 N–H and O–H groups in total. The Hall–Kier alpha value is -3.12. The molecule has 1 fully saturated rings. The quantitative estimate of drug-likeness (QED) is 0.680. The number of hydrogen-bond donors (Lipinski definition) is 1. The van der Waals surface area contributed by atoms with Crippen molar-refractivity contribution in [2.24, 2.45) is 0 Å². The van der Waals surface area contributed by atoms with Crippen LogP contribution in [-0.4, -0.2) is 55.6 Å². The third kappa shape index (κ3) is 4.64. The van der Waals surface area contributed by atoms with Gasteiger partial charge in [-0.05, 0) is 61.7 Å². The summed E-state index contributed by atoms with van der Waals surface area (Å²) in [7, 11) is 1.67. The smallest absolute Gasteiger partial charge is 0.238 e. The van der Waals surface area contributed by atoms with Gasteiger partial charge in [0.25, 0.3) is 0 Å². The maximum atomic E-state index is 12.6. The molecule has 0 radical (unpaired) electrons. The number of nitrogens with one attached hydrogen (secondary N) is 1. The largest absolute Gasteiger partial charge is 0.497 e. The molecule has 0 aliphatic carbocycles. The van der Waals surface area contributed by atoms with E-state index in [1.54, 1.807) is 7.11 Å². The van der Waals surface area contributed by atoms with E-state index < -0.39 is 0 Å². The molecule has 162 valence electrons. The Balaban J connectivity index is 1.38. The van der Waals surface area contributed by atoms with Gasteiger partial charge in [0.2, 0.25) is 5.91 Å². The number of aryl methyl sites for hydroxylation is 2. The first-order valence-corrected chi connectivity index (χ1v) is 10.7. The number of methoxy groups -OCH3 is 1. The molecular formula is C25H30N4O2. The summed E-state index contributed by atoms with van der Waals surface area (Å²) in [6, 6.07) is 14.2. The van der Waals surface area contributed by atoms with Gasteiger partial charge >= 0.3 is 0 Å². The molecule has 6 nitrogen and oxygen atoms in total. The minimum Gasteiger partial charge on any atom is -0.497 e. The lowest BCUT2D eigenvalue weighted by Crippen LogP contribution is -2.49. The highest BCUT2D eigenvalue weighted by molar-refractivity contribution is 5.93. The minimum atomic E-state index is 0.0360. The first-order chi connectivity index (χ1) is 14.9. The van der Waals surface area contributed by atoms with Gasteiger partial charge < -0.3 is 15.0 Å². The molecule has 1 aliphatic rings. The third-order valence-corrected chi connectivity index (χ3v) is 6.15. The summed E-state index contributed by atoms with van der Waals surface area (Å²) >= 11 is 0. The van der Waals surface area contributed by atoms with Gasteiger partial charge in [-0.25, -0.2) is 4.98 Å². The second-order valence-electron chi connectivity index (χ2n) is 8.24. The van der Waals surface area contributed by atoms with Crippen LogP contribution in [0.3, 0.4) is 0 Å². The number of amides is 1. The summed E-state index contributed by atoms with van der Waals surface area (Å²) in [5.41, 5.74) is 5.36. The SMILES string of the molecule is COc1ccc2c(C)cc(N3CCN(CC(=O)Nc4cccc(C)c4C)CC3)nc2c1. The lowest BCUT2D eigenvalue weighted by Gasteiger charge is -2.35. The van der Waals surface area contributed by atoms with Gasteiger partial charge in [0.05, 0.1) is 19.2 Å². The Morgan fingerprint density at radius 1 is 1.03 bits per heavy atom. The van der Waals surface area contributed by atoms with Crippen LogP contribution < -0.4 is 15.0 Å². The molecule has 0 atom stereocenters. The molecule has 6 heteroatoms. The van der Waals surface area contributed by atoms with Gasteiger partial charge in [-0.15, -0.1) is 0 Å². The molecule has 0 unspecified atom stereocenters. The van der Waals surface area contributed by atoms with Crippen LogP contribution in [0, 0.1) is 20.8 Å². The fraction of sp³-hybridized carbons (Fsp3) is 0.360. The molecule has 4 rings (SSSR count). The van der Waals surface area contributed by atoms with E-state index in [9.17, 15) is 4.79 Å². The highest BCUT2D eigenvalue weighted by Crippen LogP contribution is 2.26. The first kappa shape index (κ1) is 21.1. The molecule has 1 saturated heterocycles. The summed E-state index contributed by atoms with van der Waals surface area (Å²) in [6.07, 6.45) is 0. The Labute approximate surface area is 183 Å². The van der Waals surface area contributed by atoms with Crippen LogP contribution in [-0.2, 0) is 4.79 Å². The maximum Gasteiger partial charge on any atom is 0.238 e. The second kappa shape index (κ2) is 8.94. The normalized spacial score (nSPS) is 14.6. The van der Waals surface area contributed by atoms with E-state index in [2.05, 4.69) is 47.2 Å². The summed E-state index contributed by atoms with van der Waals surface area (Å²) in [5.74, 6) is 1.84. The lowest BCUT2D eigenvalue weighted by atomic mass is 10.1. The van der Waals surface area contributed by atoms with Crippen molar-refractivity contribution in [2.75, 3.05) is 50.1 Å². The van der Waals surface area contributed by atoms with E-state index in [0.717, 1.165) is 59.9 Å². The molecule has 1 amide bonds. The van der Waals surface area contributed by atoms with E-state index >= 15 is 0 Å². The molecule has 0 spiro atoms. The number of carbonyl (C=O) groups is 1. The summed E-state index contributed by atoms with van der Waals surface area (Å²) < 4.78 is 5.36. The van der Waals surface area contributed by atoms with Gasteiger partial charge in [0.1, 0.15) is 11.6 Å². The number of piperazine rings is 1. The van der Waals surface area contributed by atoms with Crippen molar-refractivity contribution in [3.05, 3.63) is 59.2 Å². The molecule has 0 saturated carbocycles. The summed E-state index contributed by atoms with van der Waals surface area (Å²) in [4.78, 5) is 21.9. The second-order valence-corrected chi connectivity index (χ2v) is 8.24. The predicted molar refractivity (Wildman–Crippen MR) is 126 cm³/mol. The minimum absolute atomic E-state index is 0.0360. The van der Waals surface area contributed by atoms with Gasteiger partial charge in [-0.2, -0.15) is 0 Å². The van der Waals surface area contributed by atoms with Gasteiger partial charge in [-0.3, -0.25) is 9.69 Å². The van der Waals surface area contributed by atoms with Crippen LogP contribution in [0.2, 0.25) is 0 Å². The van der Waals surface area contributed by atoms with Crippen molar-refractivity contribution < 1.29 is 9.53 Å². The number of pyridine rings is 1. The standard InChI is InChI=1S/C25H30N4O2/c1-17-6-5-7-22(19(17)3)27-25(30)16-28-10-12-29(13-11-28)24-14-18(2)21-9-8-20(31-4)15-23(21)26-24/h5-9,14-15H,10-13,16H2,1-4H3,(H,27,30). The number of ether oxygens (including phenoxy) is 1. The van der Waals surface area contributed by atoms with Gasteiger partial charge in [-0.1, -0.05) is 12.1 Å². The molecular weight excluding hydrogens is 388 g/mol. The number of hydrogen-bond acceptors (Lipinski definition) is 5. The Bertz CT molecular complexity index is 1100. The van der Waals surface area contributed by atoms with Crippen LogP contribution in [0.4, 0.5) is 11.5 Å². The number of rotatable bonds is 5. The molecule has 0 bridgehead atoms. The molecule has 1 aromatic heterocycles. The lowest BCUT2D eigenvalue weighted by molar-refractivity contribution is -0.117. The highest BCUT2D eigenvalue weighted by atomic mass is 16.5. The van der Waals surface area contributed by atoms with Gasteiger partial charge in [0.15, 0.2) is 0 Å². The number of anilines is 2. The zero-order chi connectivity index (χ0) is 22.0. The number of fused-ring (bicyclic) bond motifs is 1. The Morgan fingerprint density at radius 3 is 2.55 bits per heavy atom. The van der Waals surface area contributed by atoms with Crippen LogP contribution in [0.15, 0.2) is 42.5 Å². The highest BCUT2D eigenvalue weighted by Gasteiger charge is 2.21. The van der Waals surface area contributed by atoms with Crippen molar-refractivity contribution in [3.8, 4) is 5.75 Å². The molecule has 2 aromatic carbocycles. The first-order valence-electron chi connectivity index (χ1n) is 10.7. The van der Waals surface area contributed by atoms with Crippen molar-refractivity contribution in [1.29, 1.82) is 0 Å². The molecule has 1 aliphatic heterocycles. The third-order valence-electron chi connectivity index (χ3n) is 6.15. The predicted octanol–water partition coefficient (Wildman–Crippen LogP) is 3.93. The van der Waals surface area contributed by atoms with Crippen LogP contribution >= 0.6 is 0 Å². The van der Waals surface area contributed by atoms with E-state index in [-0.39, 0.29) is 5.91 Å². The molecule has 2 heterocycles. The monoisotopic (exact) mass is 418 g/mol. The van der Waals surface area contributed by atoms with Gasteiger partial charge in [0, 0.05) is 43.3 Å². The number of nitrogens with zero attached hydrogens (tertiary/aromatic N) is 3.